The maximum Gasteiger partial charge on any atom is 0.245 e. The van der Waals surface area contributed by atoms with Gasteiger partial charge < -0.3 is 124 Å². The maximum absolute atomic E-state index is 14.4. The highest BCUT2D eigenvalue weighted by Gasteiger charge is 2.36. The van der Waals surface area contributed by atoms with Crippen LogP contribution in [0.4, 0.5) is 0 Å². The number of aliphatic hydroxyl groups excluding tert-OH is 2. The minimum absolute atomic E-state index is 0.0165. The summed E-state index contributed by atoms with van der Waals surface area (Å²) in [7, 11) is 0. The van der Waals surface area contributed by atoms with Crippen molar-refractivity contribution in [3.05, 3.63) is 138 Å². The van der Waals surface area contributed by atoms with Gasteiger partial charge in [-0.25, -0.2) is 0 Å². The Labute approximate surface area is 636 Å². The Bertz CT molecular complexity index is 3660. The first-order valence-corrected chi connectivity index (χ1v) is 35.9. The Balaban J connectivity index is 1.47. The molecule has 0 aliphatic heterocycles. The van der Waals surface area contributed by atoms with Gasteiger partial charge in [-0.2, -0.15) is 0 Å². The number of nitrogens with one attached hydrogen (secondary N) is 16. The number of aliphatic hydroxyl groups is 2. The van der Waals surface area contributed by atoms with Crippen LogP contribution in [-0.4, -0.2) is 223 Å². The van der Waals surface area contributed by atoms with Crippen LogP contribution in [0.3, 0.4) is 0 Å². The average molecular weight is 1540 g/mol. The van der Waals surface area contributed by atoms with Crippen molar-refractivity contribution in [1.29, 1.82) is 10.8 Å². The molecule has 110 heavy (non-hydrogen) atoms. The second-order valence-corrected chi connectivity index (χ2v) is 25.7. The van der Waals surface area contributed by atoms with E-state index in [1.165, 1.54) is 24.3 Å². The lowest BCUT2D eigenvalue weighted by atomic mass is 10.0. The lowest BCUT2D eigenvalue weighted by molar-refractivity contribution is -0.136. The van der Waals surface area contributed by atoms with Gasteiger partial charge in [-0.3, -0.25) is 73.1 Å². The highest BCUT2D eigenvalue weighted by molar-refractivity contribution is 5.99. The molecule has 13 amide bonds. The molecule has 4 rings (SSSR count). The molecule has 0 saturated carbocycles. The lowest BCUT2D eigenvalue weighted by Crippen LogP contribution is -2.60. The molecule has 38 heteroatoms. The maximum atomic E-state index is 14.4. The molecule has 600 valence electrons. The molecule has 0 heterocycles. The van der Waals surface area contributed by atoms with E-state index in [2.05, 4.69) is 74.4 Å². The van der Waals surface area contributed by atoms with Crippen LogP contribution in [0.2, 0.25) is 0 Å². The number of phenolic OH excluding ortho intramolecular Hbond substituents is 1. The lowest BCUT2D eigenvalue weighted by Gasteiger charge is -2.27. The monoisotopic (exact) mass is 1530 g/mol. The molecule has 0 aromatic heterocycles. The number of hydrogen-bond acceptors (Lipinski definition) is 21. The molecule has 4 aromatic carbocycles. The summed E-state index contributed by atoms with van der Waals surface area (Å²) >= 11 is 0. The van der Waals surface area contributed by atoms with Crippen LogP contribution in [0.25, 0.3) is 0 Å². The molecule has 4 aromatic rings. The smallest absolute Gasteiger partial charge is 0.245 e. The highest BCUT2D eigenvalue weighted by Crippen LogP contribution is 2.15. The number of amides is 13. The van der Waals surface area contributed by atoms with Gasteiger partial charge in [0, 0.05) is 38.8 Å². The molecule has 0 fully saturated rings. The zero-order valence-electron chi connectivity index (χ0n) is 61.1. The van der Waals surface area contributed by atoms with Gasteiger partial charge in [0.2, 0.25) is 76.8 Å². The normalized spacial score (nSPS) is 13.6. The van der Waals surface area contributed by atoms with Crippen molar-refractivity contribution in [3.63, 3.8) is 0 Å². The molecule has 0 aliphatic rings. The van der Waals surface area contributed by atoms with Crippen LogP contribution in [0, 0.1) is 10.8 Å². The number of aromatic hydroxyl groups is 1. The summed E-state index contributed by atoms with van der Waals surface area (Å²) in [4.78, 5) is 179. The van der Waals surface area contributed by atoms with Crippen molar-refractivity contribution in [2.45, 2.75) is 150 Å². The quantitative estimate of drug-likeness (QED) is 0.0111. The molecule has 0 spiro atoms. The van der Waals surface area contributed by atoms with Gasteiger partial charge in [0.1, 0.15) is 66.2 Å². The molecule has 0 aliphatic carbocycles. The van der Waals surface area contributed by atoms with Crippen LogP contribution in [0.15, 0.2) is 115 Å². The molecular formula is C72H106N22O16. The van der Waals surface area contributed by atoms with E-state index in [-0.39, 0.29) is 115 Å². The fraction of sp³-hybridized carbons (Fsp3) is 0.458. The minimum Gasteiger partial charge on any atom is -0.508 e. The summed E-state index contributed by atoms with van der Waals surface area (Å²) in [6.45, 7) is -3.54. The summed E-state index contributed by atoms with van der Waals surface area (Å²) in [6, 6.07) is 16.5. The number of hydrogen-bond donors (Lipinski definition) is 25. The Morgan fingerprint density at radius 1 is 0.318 bits per heavy atom. The van der Waals surface area contributed by atoms with Crippen molar-refractivity contribution in [3.8, 4) is 5.75 Å². The number of primary amides is 1. The van der Waals surface area contributed by atoms with Gasteiger partial charge in [-0.1, -0.05) is 103 Å². The second kappa shape index (κ2) is 49.9. The number of unbranched alkanes of at least 4 members (excludes halogenated alkanes) is 2. The van der Waals surface area contributed by atoms with E-state index in [0.29, 0.717) is 35.1 Å². The summed E-state index contributed by atoms with van der Waals surface area (Å²) in [5.74, 6) is -12.7. The van der Waals surface area contributed by atoms with Gasteiger partial charge in [0.15, 0.2) is 11.9 Å². The van der Waals surface area contributed by atoms with Crippen LogP contribution < -0.4 is 109 Å². The molecule has 0 unspecified atom stereocenters. The van der Waals surface area contributed by atoms with Crippen molar-refractivity contribution in [2.24, 2.45) is 34.4 Å². The van der Waals surface area contributed by atoms with E-state index < -0.39 is 176 Å². The minimum atomic E-state index is -1.77. The number of rotatable bonds is 51. The van der Waals surface area contributed by atoms with E-state index in [1.807, 2.05) is 0 Å². The molecule has 31 N–H and O–H groups in total. The third kappa shape index (κ3) is 34.8. The van der Waals surface area contributed by atoms with Gasteiger partial charge in [-0.05, 0) is 112 Å². The van der Waals surface area contributed by atoms with Crippen molar-refractivity contribution >= 4 is 88.7 Å². The Hall–Kier alpha value is -11.9. The predicted octanol–water partition coefficient (Wildman–Crippen LogP) is -7.04. The van der Waals surface area contributed by atoms with E-state index in [4.69, 9.17) is 45.2 Å². The Morgan fingerprint density at radius 3 is 0.982 bits per heavy atom. The number of nitrogens with two attached hydrogens (primary N) is 6. The van der Waals surface area contributed by atoms with Crippen LogP contribution in [-0.2, 0) is 88.0 Å². The zero-order chi connectivity index (χ0) is 80.9. The molecule has 0 bridgehead atoms. The predicted molar refractivity (Wildman–Crippen MR) is 404 cm³/mol. The Kier molecular flexibility index (Phi) is 41.1. The summed E-state index contributed by atoms with van der Waals surface area (Å²) in [5.41, 5.74) is 35.9. The first-order valence-electron chi connectivity index (χ1n) is 35.9. The van der Waals surface area contributed by atoms with Gasteiger partial charge >= 0.3 is 0 Å². The van der Waals surface area contributed by atoms with Crippen molar-refractivity contribution in [2.75, 3.05) is 59.0 Å². The van der Waals surface area contributed by atoms with Gasteiger partial charge in [-0.15, -0.1) is 0 Å². The molecule has 0 radical (unpaired) electrons. The molecule has 38 nitrogen and oxygen atoms in total. The third-order valence-electron chi connectivity index (χ3n) is 16.9. The van der Waals surface area contributed by atoms with Crippen LogP contribution >= 0.6 is 0 Å². The summed E-state index contributed by atoms with van der Waals surface area (Å²) in [5, 5.41) is 81.2. The fourth-order valence-corrected chi connectivity index (χ4v) is 11.0. The zero-order valence-corrected chi connectivity index (χ0v) is 61.1. The van der Waals surface area contributed by atoms with E-state index in [9.17, 15) is 77.6 Å². The number of phenols is 1. The van der Waals surface area contributed by atoms with Crippen molar-refractivity contribution in [1.82, 2.24) is 74.4 Å². The van der Waals surface area contributed by atoms with E-state index in [0.717, 1.165) is 0 Å². The van der Waals surface area contributed by atoms with Gasteiger partial charge in [0.25, 0.3) is 0 Å². The van der Waals surface area contributed by atoms with Crippen LogP contribution in [0.1, 0.15) is 86.5 Å². The van der Waals surface area contributed by atoms with Crippen molar-refractivity contribution < 1.29 is 77.6 Å². The van der Waals surface area contributed by atoms with Crippen LogP contribution in [0.5, 0.6) is 5.75 Å². The standard InChI is InChI=1S/C72H106N22O16/c73-30-12-10-22-48(87-63(103)49(23-11-13-31-74)88-64(104)50(24-14-32-81-71(77)78)90-69(109)56(41-95)93-66(106)53(85-58(98)38-75)37-46-26-28-47(97)29-27-46)62(102)84-39-59(99)83-40-60(100)86-54(35-44-18-6-2-7-19-44)67(107)94-57(42-96)70(110)92-55(36-45-20-8-3-9-21-45)68(108)89-51(25-15-33-82-72(79)80)65(105)91-52(61(76)101)34-43-16-4-1-5-17-43/h1-9,16-21,26-29,48-57,95-97H,10-15,22-25,30-42,73-75H2,(H2,76,101)(H,83,99)(H,84,102)(H,85,98)(H,86,100)(H,87,103)(H,88,104)(H,89,108)(H,90,109)(H,91,105)(H,92,110)(H,93,106)(H,94,107)(H4,77,78,81)(H4,79,80,82)/t48-,49-,50-,51-,52-,53-,54-,55-,56-,57-/m0/s1. The van der Waals surface area contributed by atoms with E-state index in [1.54, 1.807) is 91.0 Å². The first-order chi connectivity index (χ1) is 52.7. The molecule has 10 atom stereocenters. The number of benzene rings is 4. The number of carbonyl (C=O) groups is 13. The topological polar surface area (TPSA) is 655 Å². The fourth-order valence-electron chi connectivity index (χ4n) is 11.0. The largest absolute Gasteiger partial charge is 0.508 e. The number of guanidine groups is 2. The number of carbonyl (C=O) groups excluding carboxylic acids is 13. The average Bonchev–Trinajstić information content (AvgIpc) is 0.862. The first kappa shape index (κ1) is 90.5. The summed E-state index contributed by atoms with van der Waals surface area (Å²) in [6.07, 6.45) is 0.773. The Morgan fingerprint density at radius 2 is 0.618 bits per heavy atom. The van der Waals surface area contributed by atoms with Gasteiger partial charge in [0.05, 0.1) is 32.8 Å². The molecular weight excluding hydrogens is 1430 g/mol. The molecule has 0 saturated heterocycles. The third-order valence-corrected chi connectivity index (χ3v) is 16.9. The summed E-state index contributed by atoms with van der Waals surface area (Å²) < 4.78 is 0. The second-order valence-electron chi connectivity index (χ2n) is 25.7. The SMILES string of the molecule is N=C(N)NCCC[C@H](NC(=O)[C@H](Cc1ccccc1)NC(=O)[C@H](CO)NC(=O)[C@H](Cc1ccccc1)NC(=O)CNC(=O)CNC(=O)[C@H](CCCCN)NC(=O)[C@H](CCCCN)NC(=O)[C@H](CCCNC(=N)N)NC(=O)[C@H](CO)NC(=O)[C@H](Cc1ccc(O)cc1)NC(=O)CN)C(=O)N[C@@H](Cc1ccccc1)C(N)=O. The van der Waals surface area contributed by atoms with E-state index >= 15 is 0 Å². The highest BCUT2D eigenvalue weighted by atomic mass is 16.3.